The number of carbonyl (C=O) groups is 1. The highest BCUT2D eigenvalue weighted by Gasteiger charge is 2.13. The van der Waals surface area contributed by atoms with Crippen LogP contribution in [0, 0.1) is 0 Å². The van der Waals surface area contributed by atoms with Crippen molar-refractivity contribution in [2.75, 3.05) is 5.32 Å². The van der Waals surface area contributed by atoms with Crippen LogP contribution in [-0.2, 0) is 5.75 Å². The molecule has 3 aromatic carbocycles. The van der Waals surface area contributed by atoms with Gasteiger partial charge in [0.2, 0.25) is 0 Å². The van der Waals surface area contributed by atoms with E-state index in [2.05, 4.69) is 25.5 Å². The molecule has 8 heteroatoms. The molecule has 5 rings (SSSR count). The number of rotatable bonds is 6. The van der Waals surface area contributed by atoms with Gasteiger partial charge in [0.05, 0.1) is 16.7 Å². The van der Waals surface area contributed by atoms with Crippen molar-refractivity contribution >= 4 is 34.4 Å². The van der Waals surface area contributed by atoms with Crippen LogP contribution in [0.1, 0.15) is 15.9 Å². The van der Waals surface area contributed by atoms with Gasteiger partial charge in [-0.2, -0.15) is 5.10 Å². The minimum Gasteiger partial charge on any atom is -0.333 e. The number of benzene rings is 3. The van der Waals surface area contributed by atoms with Gasteiger partial charge in [-0.3, -0.25) is 9.59 Å². The maximum Gasteiger partial charge on any atom is 0.264 e. The third kappa shape index (κ3) is 4.70. The zero-order valence-corrected chi connectivity index (χ0v) is 18.2. The lowest BCUT2D eigenvalue weighted by Gasteiger charge is -2.10. The Morgan fingerprint density at radius 3 is 2.64 bits per heavy atom. The molecule has 2 heterocycles. The highest BCUT2D eigenvalue weighted by Crippen LogP contribution is 2.26. The molecule has 3 N–H and O–H groups in total. The summed E-state index contributed by atoms with van der Waals surface area (Å²) in [4.78, 5) is 32.2. The summed E-state index contributed by atoms with van der Waals surface area (Å²) in [6, 6.07) is 25.8. The van der Waals surface area contributed by atoms with Crippen molar-refractivity contribution in [3.63, 3.8) is 0 Å². The Morgan fingerprint density at radius 2 is 1.79 bits per heavy atom. The number of thioether (sulfide) groups is 1. The van der Waals surface area contributed by atoms with E-state index in [1.54, 1.807) is 17.8 Å². The van der Waals surface area contributed by atoms with Gasteiger partial charge < -0.3 is 10.3 Å². The van der Waals surface area contributed by atoms with E-state index in [9.17, 15) is 9.59 Å². The summed E-state index contributed by atoms with van der Waals surface area (Å²) in [7, 11) is 0. The summed E-state index contributed by atoms with van der Waals surface area (Å²) >= 11 is 1.55. The summed E-state index contributed by atoms with van der Waals surface area (Å²) < 4.78 is 0. The predicted octanol–water partition coefficient (Wildman–Crippen LogP) is 4.86. The van der Waals surface area contributed by atoms with Crippen LogP contribution < -0.4 is 10.9 Å². The van der Waals surface area contributed by atoms with E-state index in [1.807, 2.05) is 72.8 Å². The van der Waals surface area contributed by atoms with Crippen LogP contribution in [0.5, 0.6) is 0 Å². The van der Waals surface area contributed by atoms with Gasteiger partial charge in [0.1, 0.15) is 0 Å². The molecule has 7 nitrogen and oxygen atoms in total. The lowest BCUT2D eigenvalue weighted by atomic mass is 10.1. The van der Waals surface area contributed by atoms with Gasteiger partial charge in [-0.15, -0.1) is 0 Å². The fraction of sp³-hybridized carbons (Fsp3) is 0.0400. The molecule has 33 heavy (non-hydrogen) atoms. The molecule has 0 unspecified atom stereocenters. The van der Waals surface area contributed by atoms with Crippen molar-refractivity contribution in [3.8, 4) is 11.3 Å². The number of imidazole rings is 1. The SMILES string of the molecule is O=C(Nc1cccc(-c2ccc(=O)[nH]n2)c1)c1ccccc1CSc1nc2ccccc2[nH]1. The Labute approximate surface area is 193 Å². The lowest BCUT2D eigenvalue weighted by Crippen LogP contribution is -2.14. The van der Waals surface area contributed by atoms with E-state index in [4.69, 9.17) is 0 Å². The monoisotopic (exact) mass is 453 g/mol. The number of aromatic nitrogens is 4. The number of hydrogen-bond acceptors (Lipinski definition) is 5. The van der Waals surface area contributed by atoms with Crippen molar-refractivity contribution in [2.45, 2.75) is 10.9 Å². The molecule has 1 amide bonds. The zero-order valence-electron chi connectivity index (χ0n) is 17.4. The fourth-order valence-corrected chi connectivity index (χ4v) is 4.36. The number of anilines is 1. The summed E-state index contributed by atoms with van der Waals surface area (Å²) in [5.74, 6) is 0.410. The topological polar surface area (TPSA) is 104 Å². The number of hydrogen-bond donors (Lipinski definition) is 3. The number of fused-ring (bicyclic) bond motifs is 1. The number of nitrogens with one attached hydrogen (secondary N) is 3. The van der Waals surface area contributed by atoms with Crippen LogP contribution in [-0.4, -0.2) is 26.1 Å². The second kappa shape index (κ2) is 9.13. The van der Waals surface area contributed by atoms with E-state index in [0.717, 1.165) is 27.3 Å². The molecule has 162 valence electrons. The molecule has 0 fully saturated rings. The van der Waals surface area contributed by atoms with Crippen LogP contribution >= 0.6 is 11.8 Å². The summed E-state index contributed by atoms with van der Waals surface area (Å²) in [6.45, 7) is 0. The first-order valence-corrected chi connectivity index (χ1v) is 11.3. The third-order valence-corrected chi connectivity index (χ3v) is 6.01. The van der Waals surface area contributed by atoms with Crippen LogP contribution in [0.3, 0.4) is 0 Å². The highest BCUT2D eigenvalue weighted by atomic mass is 32.2. The quantitative estimate of drug-likeness (QED) is 0.319. The Morgan fingerprint density at radius 1 is 0.939 bits per heavy atom. The number of aromatic amines is 2. The maximum absolute atomic E-state index is 13.1. The second-order valence-electron chi connectivity index (χ2n) is 7.35. The number of nitrogens with zero attached hydrogens (tertiary/aromatic N) is 2. The first kappa shape index (κ1) is 20.7. The van der Waals surface area contributed by atoms with Crippen molar-refractivity contribution in [1.29, 1.82) is 0 Å². The van der Waals surface area contributed by atoms with Gasteiger partial charge in [0, 0.05) is 28.6 Å². The molecule has 0 bridgehead atoms. The van der Waals surface area contributed by atoms with E-state index in [0.29, 0.717) is 22.7 Å². The van der Waals surface area contributed by atoms with Crippen LogP contribution in [0.4, 0.5) is 5.69 Å². The predicted molar refractivity (Wildman–Crippen MR) is 130 cm³/mol. The molecule has 0 aliphatic heterocycles. The van der Waals surface area contributed by atoms with Gasteiger partial charge in [-0.05, 0) is 42.0 Å². The largest absolute Gasteiger partial charge is 0.333 e. The Bertz CT molecular complexity index is 1450. The van der Waals surface area contributed by atoms with E-state index < -0.39 is 0 Å². The summed E-state index contributed by atoms with van der Waals surface area (Å²) in [6.07, 6.45) is 0. The van der Waals surface area contributed by atoms with Crippen molar-refractivity contribution in [2.24, 2.45) is 0 Å². The average molecular weight is 454 g/mol. The molecular weight excluding hydrogens is 434 g/mol. The molecule has 0 atom stereocenters. The maximum atomic E-state index is 13.1. The van der Waals surface area contributed by atoms with Gasteiger partial charge >= 0.3 is 0 Å². The van der Waals surface area contributed by atoms with E-state index >= 15 is 0 Å². The number of H-pyrrole nitrogens is 2. The molecule has 0 spiro atoms. The van der Waals surface area contributed by atoms with Crippen molar-refractivity contribution in [3.05, 3.63) is 106 Å². The van der Waals surface area contributed by atoms with Crippen LogP contribution in [0.2, 0.25) is 0 Å². The first-order valence-electron chi connectivity index (χ1n) is 10.3. The second-order valence-corrected chi connectivity index (χ2v) is 8.31. The normalized spacial score (nSPS) is 10.9. The summed E-state index contributed by atoms with van der Waals surface area (Å²) in [5, 5.41) is 10.3. The molecular formula is C25H19N5O2S. The molecule has 0 radical (unpaired) electrons. The van der Waals surface area contributed by atoms with Crippen molar-refractivity contribution in [1.82, 2.24) is 20.2 Å². The van der Waals surface area contributed by atoms with E-state index in [1.165, 1.54) is 6.07 Å². The standard InChI is InChI=1S/C25H19N5O2S/c31-23-13-12-20(29-30-23)16-7-5-8-18(14-16)26-24(32)19-9-2-1-6-17(19)15-33-25-27-21-10-3-4-11-22(21)28-25/h1-14H,15H2,(H,26,32)(H,27,28)(H,30,31). The number of carbonyl (C=O) groups excluding carboxylic acids is 1. The Kier molecular flexibility index (Phi) is 5.73. The van der Waals surface area contributed by atoms with Gasteiger partial charge in [-0.1, -0.05) is 54.2 Å². The van der Waals surface area contributed by atoms with Gasteiger partial charge in [0.25, 0.3) is 11.5 Å². The minimum atomic E-state index is -0.264. The smallest absolute Gasteiger partial charge is 0.264 e. The Balaban J connectivity index is 1.32. The third-order valence-electron chi connectivity index (χ3n) is 5.09. The van der Waals surface area contributed by atoms with Crippen LogP contribution in [0.15, 0.2) is 94.9 Å². The average Bonchev–Trinajstić information content (AvgIpc) is 3.27. The van der Waals surface area contributed by atoms with Gasteiger partial charge in [0.15, 0.2) is 5.16 Å². The molecule has 0 aliphatic carbocycles. The minimum absolute atomic E-state index is 0.192. The molecule has 0 saturated carbocycles. The molecule has 0 aliphatic rings. The van der Waals surface area contributed by atoms with E-state index in [-0.39, 0.29) is 11.5 Å². The van der Waals surface area contributed by atoms with Gasteiger partial charge in [-0.25, -0.2) is 10.1 Å². The highest BCUT2D eigenvalue weighted by molar-refractivity contribution is 7.98. The van der Waals surface area contributed by atoms with Crippen molar-refractivity contribution < 1.29 is 4.79 Å². The Hall–Kier alpha value is -4.17. The fourth-order valence-electron chi connectivity index (χ4n) is 3.47. The number of amides is 1. The zero-order chi connectivity index (χ0) is 22.6. The number of para-hydroxylation sites is 2. The lowest BCUT2D eigenvalue weighted by molar-refractivity contribution is 0.102. The summed E-state index contributed by atoms with van der Waals surface area (Å²) in [5.41, 5.74) is 5.22. The molecule has 5 aromatic rings. The molecule has 0 saturated heterocycles. The van der Waals surface area contributed by atoms with Crippen LogP contribution in [0.25, 0.3) is 22.3 Å². The first-order chi connectivity index (χ1) is 16.2. The molecule has 2 aromatic heterocycles.